The van der Waals surface area contributed by atoms with Gasteiger partial charge in [0, 0.05) is 43.7 Å². The Kier molecular flexibility index (Phi) is 6.46. The number of anilines is 2. The van der Waals surface area contributed by atoms with Crippen molar-refractivity contribution in [3.05, 3.63) is 47.0 Å². The van der Waals surface area contributed by atoms with Crippen LogP contribution in [-0.4, -0.2) is 55.5 Å². The van der Waals surface area contributed by atoms with Crippen molar-refractivity contribution >= 4 is 29.1 Å². The number of carbonyl (C=O) groups is 1. The highest BCUT2D eigenvalue weighted by atomic mass is 35.5. The standard InChI is InChI=1S/C21H26ClN5O2/c22-18-4-2-1-3-17(18)15-23-21(28)16-7-9-26(10-8-16)19-5-6-20(25-24-19)27-11-13-29-14-12-27/h1-6,16H,7-15H2,(H,23,28). The van der Waals surface area contributed by atoms with Gasteiger partial charge in [0.25, 0.3) is 0 Å². The Morgan fingerprint density at radius 2 is 1.62 bits per heavy atom. The molecule has 3 heterocycles. The number of halogens is 1. The zero-order valence-electron chi connectivity index (χ0n) is 16.4. The molecule has 2 aliphatic rings. The maximum Gasteiger partial charge on any atom is 0.223 e. The summed E-state index contributed by atoms with van der Waals surface area (Å²) in [5, 5.41) is 12.5. The SMILES string of the molecule is O=C(NCc1ccccc1Cl)C1CCN(c2ccc(N3CCOCC3)nn2)CC1. The van der Waals surface area contributed by atoms with Crippen molar-refractivity contribution in [2.24, 2.45) is 5.92 Å². The van der Waals surface area contributed by atoms with Gasteiger partial charge in [-0.3, -0.25) is 4.79 Å². The van der Waals surface area contributed by atoms with Crippen molar-refractivity contribution in [2.75, 3.05) is 49.2 Å². The summed E-state index contributed by atoms with van der Waals surface area (Å²) in [5.41, 5.74) is 0.940. The van der Waals surface area contributed by atoms with Crippen molar-refractivity contribution in [3.63, 3.8) is 0 Å². The van der Waals surface area contributed by atoms with Crippen LogP contribution in [0.5, 0.6) is 0 Å². The van der Waals surface area contributed by atoms with Crippen molar-refractivity contribution in [1.82, 2.24) is 15.5 Å². The first-order valence-corrected chi connectivity index (χ1v) is 10.5. The molecule has 2 fully saturated rings. The molecular weight excluding hydrogens is 390 g/mol. The van der Waals surface area contributed by atoms with Gasteiger partial charge in [0.2, 0.25) is 5.91 Å². The Balaban J connectivity index is 1.26. The van der Waals surface area contributed by atoms with E-state index in [2.05, 4.69) is 25.3 Å². The molecule has 1 aromatic heterocycles. The second-order valence-corrected chi connectivity index (χ2v) is 7.83. The van der Waals surface area contributed by atoms with Crippen LogP contribution in [0.3, 0.4) is 0 Å². The Morgan fingerprint density at radius 3 is 2.24 bits per heavy atom. The van der Waals surface area contributed by atoms with Gasteiger partial charge in [-0.25, -0.2) is 0 Å². The Hall–Kier alpha value is -2.38. The number of ether oxygens (including phenoxy) is 1. The zero-order valence-corrected chi connectivity index (χ0v) is 17.1. The van der Waals surface area contributed by atoms with E-state index in [1.165, 1.54) is 0 Å². The molecule has 29 heavy (non-hydrogen) atoms. The summed E-state index contributed by atoms with van der Waals surface area (Å²) in [6.07, 6.45) is 1.61. The van der Waals surface area contributed by atoms with Crippen LogP contribution >= 0.6 is 11.6 Å². The van der Waals surface area contributed by atoms with Crippen molar-refractivity contribution < 1.29 is 9.53 Å². The summed E-state index contributed by atoms with van der Waals surface area (Å²) in [6, 6.07) is 11.6. The highest BCUT2D eigenvalue weighted by Crippen LogP contribution is 2.23. The fraction of sp³-hybridized carbons (Fsp3) is 0.476. The summed E-state index contributed by atoms with van der Waals surface area (Å²) in [4.78, 5) is 16.9. The fourth-order valence-corrected chi connectivity index (χ4v) is 3.99. The fourth-order valence-electron chi connectivity index (χ4n) is 3.79. The zero-order chi connectivity index (χ0) is 20.1. The molecule has 1 aromatic carbocycles. The van der Waals surface area contributed by atoms with Crippen LogP contribution in [0.2, 0.25) is 5.02 Å². The van der Waals surface area contributed by atoms with Gasteiger partial charge in [-0.15, -0.1) is 10.2 Å². The molecule has 2 aromatic rings. The van der Waals surface area contributed by atoms with Crippen LogP contribution < -0.4 is 15.1 Å². The first-order valence-electron chi connectivity index (χ1n) is 10.1. The number of hydrogen-bond donors (Lipinski definition) is 1. The molecule has 8 heteroatoms. The molecule has 2 saturated heterocycles. The van der Waals surface area contributed by atoms with Gasteiger partial charge in [-0.2, -0.15) is 0 Å². The highest BCUT2D eigenvalue weighted by molar-refractivity contribution is 6.31. The van der Waals surface area contributed by atoms with E-state index >= 15 is 0 Å². The lowest BCUT2D eigenvalue weighted by atomic mass is 9.96. The maximum absolute atomic E-state index is 12.5. The largest absolute Gasteiger partial charge is 0.378 e. The van der Waals surface area contributed by atoms with Crippen molar-refractivity contribution in [1.29, 1.82) is 0 Å². The lowest BCUT2D eigenvalue weighted by molar-refractivity contribution is -0.125. The number of amides is 1. The number of piperidine rings is 1. The van der Waals surface area contributed by atoms with Gasteiger partial charge in [0.05, 0.1) is 13.2 Å². The quantitative estimate of drug-likeness (QED) is 0.809. The highest BCUT2D eigenvalue weighted by Gasteiger charge is 2.26. The van der Waals surface area contributed by atoms with Crippen LogP contribution in [0.15, 0.2) is 36.4 Å². The smallest absolute Gasteiger partial charge is 0.223 e. The third-order valence-corrected chi connectivity index (χ3v) is 5.94. The molecule has 7 nitrogen and oxygen atoms in total. The van der Waals surface area contributed by atoms with Crippen LogP contribution in [0.25, 0.3) is 0 Å². The number of hydrogen-bond acceptors (Lipinski definition) is 6. The predicted octanol–water partition coefficient (Wildman–Crippen LogP) is 2.50. The average Bonchev–Trinajstić information content (AvgIpc) is 2.79. The minimum Gasteiger partial charge on any atom is -0.378 e. The number of aromatic nitrogens is 2. The Morgan fingerprint density at radius 1 is 1.00 bits per heavy atom. The molecule has 1 N–H and O–H groups in total. The van der Waals surface area contributed by atoms with E-state index in [9.17, 15) is 4.79 Å². The van der Waals surface area contributed by atoms with E-state index < -0.39 is 0 Å². The normalized spacial score (nSPS) is 18.0. The molecule has 0 saturated carbocycles. The van der Waals surface area contributed by atoms with Gasteiger partial charge in [0.15, 0.2) is 11.6 Å². The number of benzene rings is 1. The van der Waals surface area contributed by atoms with E-state index in [0.29, 0.717) is 11.6 Å². The van der Waals surface area contributed by atoms with Gasteiger partial charge in [-0.1, -0.05) is 29.8 Å². The minimum absolute atomic E-state index is 0.0225. The molecule has 2 aliphatic heterocycles. The molecule has 0 bridgehead atoms. The third-order valence-electron chi connectivity index (χ3n) is 5.57. The van der Waals surface area contributed by atoms with E-state index in [0.717, 1.165) is 69.4 Å². The van der Waals surface area contributed by atoms with E-state index in [1.807, 2.05) is 36.4 Å². The molecule has 0 radical (unpaired) electrons. The topological polar surface area (TPSA) is 70.6 Å². The third kappa shape index (κ3) is 4.97. The van der Waals surface area contributed by atoms with Gasteiger partial charge >= 0.3 is 0 Å². The maximum atomic E-state index is 12.5. The summed E-state index contributed by atoms with van der Waals surface area (Å²) in [6.45, 7) is 5.23. The van der Waals surface area contributed by atoms with Gasteiger partial charge in [-0.05, 0) is 36.6 Å². The van der Waals surface area contributed by atoms with E-state index in [-0.39, 0.29) is 11.8 Å². The van der Waals surface area contributed by atoms with Crippen LogP contribution in [-0.2, 0) is 16.1 Å². The van der Waals surface area contributed by atoms with Crippen LogP contribution in [0, 0.1) is 5.92 Å². The molecule has 0 atom stereocenters. The molecular formula is C21H26ClN5O2. The van der Waals surface area contributed by atoms with Crippen molar-refractivity contribution in [2.45, 2.75) is 19.4 Å². The van der Waals surface area contributed by atoms with Crippen LogP contribution in [0.1, 0.15) is 18.4 Å². The Labute approximate surface area is 176 Å². The second kappa shape index (κ2) is 9.41. The lowest BCUT2D eigenvalue weighted by Crippen LogP contribution is -2.41. The number of nitrogens with zero attached hydrogens (tertiary/aromatic N) is 4. The first kappa shape index (κ1) is 19.9. The van der Waals surface area contributed by atoms with Crippen molar-refractivity contribution in [3.8, 4) is 0 Å². The average molecular weight is 416 g/mol. The molecule has 1 amide bonds. The number of morpholine rings is 1. The number of nitrogens with one attached hydrogen (secondary N) is 1. The predicted molar refractivity (Wildman–Crippen MR) is 113 cm³/mol. The van der Waals surface area contributed by atoms with E-state index in [4.69, 9.17) is 16.3 Å². The summed E-state index contributed by atoms with van der Waals surface area (Å²) in [5.74, 6) is 1.88. The monoisotopic (exact) mass is 415 g/mol. The Bertz CT molecular complexity index is 818. The second-order valence-electron chi connectivity index (χ2n) is 7.42. The summed E-state index contributed by atoms with van der Waals surface area (Å²) in [7, 11) is 0. The number of rotatable bonds is 5. The molecule has 0 unspecified atom stereocenters. The van der Waals surface area contributed by atoms with Gasteiger partial charge in [0.1, 0.15) is 0 Å². The lowest BCUT2D eigenvalue weighted by Gasteiger charge is -2.32. The minimum atomic E-state index is 0.0225. The molecule has 4 rings (SSSR count). The van der Waals surface area contributed by atoms with E-state index in [1.54, 1.807) is 0 Å². The first-order chi connectivity index (χ1) is 14.2. The summed E-state index contributed by atoms with van der Waals surface area (Å²) >= 11 is 6.16. The van der Waals surface area contributed by atoms with Gasteiger partial charge < -0.3 is 19.9 Å². The molecule has 154 valence electrons. The summed E-state index contributed by atoms with van der Waals surface area (Å²) < 4.78 is 5.38. The molecule has 0 spiro atoms. The molecule has 0 aliphatic carbocycles. The number of carbonyl (C=O) groups excluding carboxylic acids is 1. The van der Waals surface area contributed by atoms with Crippen LogP contribution in [0.4, 0.5) is 11.6 Å².